The van der Waals surface area contributed by atoms with Crippen LogP contribution in [0.15, 0.2) is 42.5 Å². The smallest absolute Gasteiger partial charge is 0.282 e. The molecular weight excluding hydrogens is 292 g/mol. The molecule has 2 aromatic rings. The number of para-hydroxylation sites is 1. The number of nitro groups is 1. The number of rotatable bonds is 2. The maximum absolute atomic E-state index is 12.7. The maximum atomic E-state index is 12.7. The largest absolute Gasteiger partial charge is 0.308 e. The second-order valence-electron chi connectivity index (χ2n) is 4.75. The Morgan fingerprint density at radius 3 is 2.76 bits per heavy atom. The molecule has 21 heavy (non-hydrogen) atoms. The second kappa shape index (κ2) is 5.18. The van der Waals surface area contributed by atoms with Crippen LogP contribution in [0.2, 0.25) is 5.02 Å². The van der Waals surface area contributed by atoms with E-state index in [9.17, 15) is 14.9 Å². The highest BCUT2D eigenvalue weighted by molar-refractivity contribution is 6.31. The zero-order valence-corrected chi connectivity index (χ0v) is 11.7. The number of fused-ring (bicyclic) bond motifs is 1. The third-order valence-electron chi connectivity index (χ3n) is 3.52. The number of anilines is 1. The SMILES string of the molecule is O=C(c1cc(Cl)ccc1[N+](=O)[O-])N1CCc2ccccc21. The fourth-order valence-electron chi connectivity index (χ4n) is 2.53. The van der Waals surface area contributed by atoms with Crippen LogP contribution >= 0.6 is 11.6 Å². The lowest BCUT2D eigenvalue weighted by atomic mass is 10.1. The Kier molecular flexibility index (Phi) is 3.35. The molecule has 0 aromatic heterocycles. The van der Waals surface area contributed by atoms with Crippen molar-refractivity contribution in [2.75, 3.05) is 11.4 Å². The van der Waals surface area contributed by atoms with Crippen molar-refractivity contribution in [3.63, 3.8) is 0 Å². The first-order valence-corrected chi connectivity index (χ1v) is 6.79. The highest BCUT2D eigenvalue weighted by Gasteiger charge is 2.29. The van der Waals surface area contributed by atoms with Gasteiger partial charge < -0.3 is 4.90 Å². The Morgan fingerprint density at radius 1 is 1.24 bits per heavy atom. The molecule has 106 valence electrons. The van der Waals surface area contributed by atoms with Crippen molar-refractivity contribution >= 4 is 28.9 Å². The van der Waals surface area contributed by atoms with Crippen molar-refractivity contribution in [1.82, 2.24) is 0 Å². The van der Waals surface area contributed by atoms with Gasteiger partial charge in [-0.1, -0.05) is 29.8 Å². The third-order valence-corrected chi connectivity index (χ3v) is 3.75. The van der Waals surface area contributed by atoms with Crippen LogP contribution in [-0.4, -0.2) is 17.4 Å². The maximum Gasteiger partial charge on any atom is 0.282 e. The number of nitro benzene ring substituents is 1. The summed E-state index contributed by atoms with van der Waals surface area (Å²) >= 11 is 5.88. The van der Waals surface area contributed by atoms with Crippen molar-refractivity contribution in [3.8, 4) is 0 Å². The van der Waals surface area contributed by atoms with Crippen LogP contribution in [-0.2, 0) is 6.42 Å². The molecule has 5 nitrogen and oxygen atoms in total. The minimum atomic E-state index is -0.564. The van der Waals surface area contributed by atoms with E-state index in [0.29, 0.717) is 11.6 Å². The van der Waals surface area contributed by atoms with Gasteiger partial charge in [-0.2, -0.15) is 0 Å². The number of carbonyl (C=O) groups excluding carboxylic acids is 1. The summed E-state index contributed by atoms with van der Waals surface area (Å²) in [6, 6.07) is 11.6. The standard InChI is InChI=1S/C15H11ClN2O3/c16-11-5-6-14(18(20)21)12(9-11)15(19)17-8-7-10-3-1-2-4-13(10)17/h1-6,9H,7-8H2. The Hall–Kier alpha value is -2.40. The monoisotopic (exact) mass is 302 g/mol. The number of carbonyl (C=O) groups is 1. The normalized spacial score (nSPS) is 13.1. The van der Waals surface area contributed by atoms with Crippen LogP contribution in [0.5, 0.6) is 0 Å². The van der Waals surface area contributed by atoms with Gasteiger partial charge in [-0.05, 0) is 30.2 Å². The van der Waals surface area contributed by atoms with E-state index in [1.54, 1.807) is 4.90 Å². The Labute approximate surface area is 125 Å². The Balaban J connectivity index is 2.04. The number of hydrogen-bond acceptors (Lipinski definition) is 3. The molecule has 1 amide bonds. The molecule has 1 aliphatic heterocycles. The average molecular weight is 303 g/mol. The summed E-state index contributed by atoms with van der Waals surface area (Å²) in [7, 11) is 0. The lowest BCUT2D eigenvalue weighted by Crippen LogP contribution is -2.29. The predicted octanol–water partition coefficient (Wildman–Crippen LogP) is 3.45. The molecule has 0 atom stereocenters. The first-order valence-electron chi connectivity index (χ1n) is 6.41. The third kappa shape index (κ3) is 2.36. The quantitative estimate of drug-likeness (QED) is 0.630. The molecule has 1 aliphatic rings. The summed E-state index contributed by atoms with van der Waals surface area (Å²) in [4.78, 5) is 24.7. The minimum absolute atomic E-state index is 0.0178. The molecular formula is C15H11ClN2O3. The lowest BCUT2D eigenvalue weighted by molar-refractivity contribution is -0.385. The lowest BCUT2D eigenvalue weighted by Gasteiger charge is -2.17. The van der Waals surface area contributed by atoms with E-state index >= 15 is 0 Å². The second-order valence-corrected chi connectivity index (χ2v) is 5.19. The van der Waals surface area contributed by atoms with Crippen LogP contribution in [0.1, 0.15) is 15.9 Å². The molecule has 0 spiro atoms. The summed E-state index contributed by atoms with van der Waals surface area (Å²) in [6.45, 7) is 0.516. The molecule has 6 heteroatoms. The summed E-state index contributed by atoms with van der Waals surface area (Å²) < 4.78 is 0. The fraction of sp³-hybridized carbons (Fsp3) is 0.133. The van der Waals surface area contributed by atoms with Gasteiger partial charge in [0.25, 0.3) is 11.6 Å². The van der Waals surface area contributed by atoms with E-state index in [4.69, 9.17) is 11.6 Å². The van der Waals surface area contributed by atoms with Crippen LogP contribution in [0, 0.1) is 10.1 Å². The number of benzene rings is 2. The van der Waals surface area contributed by atoms with E-state index in [1.807, 2.05) is 24.3 Å². The topological polar surface area (TPSA) is 63.4 Å². The molecule has 2 aromatic carbocycles. The van der Waals surface area contributed by atoms with Gasteiger partial charge in [0, 0.05) is 23.3 Å². The first-order chi connectivity index (χ1) is 10.1. The van der Waals surface area contributed by atoms with Gasteiger partial charge in [0.15, 0.2) is 0 Å². The van der Waals surface area contributed by atoms with Gasteiger partial charge in [-0.25, -0.2) is 0 Å². The number of hydrogen-bond donors (Lipinski definition) is 0. The Morgan fingerprint density at radius 2 is 2.00 bits per heavy atom. The molecule has 3 rings (SSSR count). The molecule has 0 radical (unpaired) electrons. The predicted molar refractivity (Wildman–Crippen MR) is 79.9 cm³/mol. The van der Waals surface area contributed by atoms with Gasteiger partial charge >= 0.3 is 0 Å². The molecule has 0 fully saturated rings. The molecule has 0 saturated carbocycles. The van der Waals surface area contributed by atoms with Crippen molar-refractivity contribution in [1.29, 1.82) is 0 Å². The number of amides is 1. The van der Waals surface area contributed by atoms with Crippen LogP contribution < -0.4 is 4.90 Å². The van der Waals surface area contributed by atoms with E-state index in [1.165, 1.54) is 18.2 Å². The van der Waals surface area contributed by atoms with Gasteiger partial charge in [0.2, 0.25) is 0 Å². The van der Waals surface area contributed by atoms with Gasteiger partial charge in [0.1, 0.15) is 5.56 Å². The average Bonchev–Trinajstić information content (AvgIpc) is 2.90. The zero-order valence-electron chi connectivity index (χ0n) is 11.0. The number of halogens is 1. The zero-order chi connectivity index (χ0) is 15.0. The minimum Gasteiger partial charge on any atom is -0.308 e. The van der Waals surface area contributed by atoms with Gasteiger partial charge in [0.05, 0.1) is 4.92 Å². The molecule has 0 aliphatic carbocycles. The summed E-state index contributed by atoms with van der Waals surface area (Å²) in [6.07, 6.45) is 0.746. The summed E-state index contributed by atoms with van der Waals surface area (Å²) in [5.41, 5.74) is 1.66. The van der Waals surface area contributed by atoms with Crippen molar-refractivity contribution in [2.24, 2.45) is 0 Å². The van der Waals surface area contributed by atoms with Gasteiger partial charge in [-0.3, -0.25) is 14.9 Å². The van der Waals surface area contributed by atoms with E-state index < -0.39 is 10.8 Å². The van der Waals surface area contributed by atoms with Crippen molar-refractivity contribution < 1.29 is 9.72 Å². The van der Waals surface area contributed by atoms with Crippen molar-refractivity contribution in [3.05, 3.63) is 68.7 Å². The summed E-state index contributed by atoms with van der Waals surface area (Å²) in [5, 5.41) is 11.4. The fourth-order valence-corrected chi connectivity index (χ4v) is 2.71. The Bertz CT molecular complexity index is 745. The van der Waals surface area contributed by atoms with Crippen LogP contribution in [0.3, 0.4) is 0 Å². The molecule has 1 heterocycles. The molecule has 0 saturated heterocycles. The van der Waals surface area contributed by atoms with E-state index in [0.717, 1.165) is 17.7 Å². The number of nitrogens with zero attached hydrogens (tertiary/aromatic N) is 2. The first kappa shape index (κ1) is 13.6. The van der Waals surface area contributed by atoms with Crippen molar-refractivity contribution in [2.45, 2.75) is 6.42 Å². The van der Waals surface area contributed by atoms with E-state index in [2.05, 4.69) is 0 Å². The highest BCUT2D eigenvalue weighted by Crippen LogP contribution is 2.31. The molecule has 0 unspecified atom stereocenters. The van der Waals surface area contributed by atoms with Gasteiger partial charge in [-0.15, -0.1) is 0 Å². The summed E-state index contributed by atoms with van der Waals surface area (Å²) in [5.74, 6) is -0.394. The van der Waals surface area contributed by atoms with E-state index in [-0.39, 0.29) is 11.3 Å². The highest BCUT2D eigenvalue weighted by atomic mass is 35.5. The van der Waals surface area contributed by atoms with Crippen LogP contribution in [0.25, 0.3) is 0 Å². The van der Waals surface area contributed by atoms with Crippen LogP contribution in [0.4, 0.5) is 11.4 Å². The molecule has 0 bridgehead atoms. The molecule has 0 N–H and O–H groups in total.